The van der Waals surface area contributed by atoms with Gasteiger partial charge in [-0.05, 0) is 0 Å². The Kier molecular flexibility index (Phi) is 4.44. The van der Waals surface area contributed by atoms with Gasteiger partial charge in [0, 0.05) is 7.11 Å². The number of alkyl halides is 1. The molecule has 3 nitrogen and oxygen atoms in total. The summed E-state index contributed by atoms with van der Waals surface area (Å²) in [6.07, 6.45) is -0.628. The normalized spacial score (nSPS) is 12.8. The van der Waals surface area contributed by atoms with Crippen molar-refractivity contribution in [2.75, 3.05) is 20.1 Å². The number of methoxy groups -OCH3 is 2. The van der Waals surface area contributed by atoms with E-state index < -0.39 is 12.1 Å². The molecule has 0 radical (unpaired) electrons. The van der Waals surface area contributed by atoms with Crippen LogP contribution in [-0.4, -0.2) is 32.2 Å². The lowest BCUT2D eigenvalue weighted by molar-refractivity contribution is -0.150. The number of esters is 1. The second kappa shape index (κ2) is 4.58. The van der Waals surface area contributed by atoms with Gasteiger partial charge in [-0.3, -0.25) is 0 Å². The van der Waals surface area contributed by atoms with Gasteiger partial charge in [0.25, 0.3) is 0 Å². The van der Waals surface area contributed by atoms with Gasteiger partial charge in [-0.2, -0.15) is 0 Å². The fourth-order valence-electron chi connectivity index (χ4n) is 0.354. The lowest BCUT2D eigenvalue weighted by Crippen LogP contribution is -2.25. The van der Waals surface area contributed by atoms with Crippen molar-refractivity contribution in [3.8, 4) is 0 Å². The van der Waals surface area contributed by atoms with Crippen molar-refractivity contribution in [3.05, 3.63) is 0 Å². The highest BCUT2D eigenvalue weighted by Gasteiger charge is 2.15. The average molecular weight is 153 g/mol. The van der Waals surface area contributed by atoms with Gasteiger partial charge in [0.2, 0.25) is 0 Å². The van der Waals surface area contributed by atoms with Crippen LogP contribution in [0.1, 0.15) is 0 Å². The summed E-state index contributed by atoms with van der Waals surface area (Å²) >= 11 is 5.32. The van der Waals surface area contributed by atoms with E-state index in [4.69, 9.17) is 11.6 Å². The Morgan fingerprint density at radius 2 is 2.22 bits per heavy atom. The fourth-order valence-corrected chi connectivity index (χ4v) is 0.606. The van der Waals surface area contributed by atoms with Crippen LogP contribution in [0.15, 0.2) is 0 Å². The smallest absolute Gasteiger partial charge is 0.336 e. The molecule has 0 rings (SSSR count). The minimum Gasteiger partial charge on any atom is -0.467 e. The van der Waals surface area contributed by atoms with Crippen molar-refractivity contribution in [1.82, 2.24) is 0 Å². The monoisotopic (exact) mass is 152 g/mol. The van der Waals surface area contributed by atoms with Crippen LogP contribution in [0.5, 0.6) is 0 Å². The second-order valence-corrected chi connectivity index (χ2v) is 1.71. The molecule has 0 aromatic heterocycles. The number of carbonyl (C=O) groups excluding carboxylic acids is 1. The number of rotatable bonds is 3. The summed E-state index contributed by atoms with van der Waals surface area (Å²) in [5, 5.41) is 0. The first kappa shape index (κ1) is 8.72. The van der Waals surface area contributed by atoms with Crippen LogP contribution in [-0.2, 0) is 14.3 Å². The first-order valence-electron chi connectivity index (χ1n) is 2.42. The molecule has 0 aliphatic carbocycles. The van der Waals surface area contributed by atoms with E-state index in [-0.39, 0.29) is 5.88 Å². The molecule has 0 fully saturated rings. The van der Waals surface area contributed by atoms with Crippen LogP contribution in [0.4, 0.5) is 0 Å². The number of ether oxygens (including phenoxy) is 2. The van der Waals surface area contributed by atoms with E-state index >= 15 is 0 Å². The Balaban J connectivity index is 3.64. The minimum atomic E-state index is -0.628. The third-order valence-electron chi connectivity index (χ3n) is 0.889. The predicted molar refractivity (Wildman–Crippen MR) is 33.5 cm³/mol. The number of carbonyl (C=O) groups is 1. The van der Waals surface area contributed by atoms with E-state index in [0.29, 0.717) is 0 Å². The Morgan fingerprint density at radius 1 is 1.67 bits per heavy atom. The molecule has 0 aromatic carbocycles. The van der Waals surface area contributed by atoms with Crippen molar-refractivity contribution in [1.29, 1.82) is 0 Å². The topological polar surface area (TPSA) is 35.5 Å². The zero-order valence-electron chi connectivity index (χ0n) is 5.39. The third kappa shape index (κ3) is 2.67. The molecule has 1 unspecified atom stereocenters. The van der Waals surface area contributed by atoms with Crippen LogP contribution >= 0.6 is 11.6 Å². The van der Waals surface area contributed by atoms with Crippen LogP contribution in [0, 0.1) is 0 Å². The summed E-state index contributed by atoms with van der Waals surface area (Å²) in [6.45, 7) is 0. The van der Waals surface area contributed by atoms with E-state index in [1.165, 1.54) is 14.2 Å². The van der Waals surface area contributed by atoms with Gasteiger partial charge in [0.05, 0.1) is 13.0 Å². The molecule has 0 amide bonds. The number of hydrogen-bond acceptors (Lipinski definition) is 3. The van der Waals surface area contributed by atoms with Gasteiger partial charge < -0.3 is 9.47 Å². The van der Waals surface area contributed by atoms with Crippen LogP contribution < -0.4 is 0 Å². The quantitative estimate of drug-likeness (QED) is 0.434. The van der Waals surface area contributed by atoms with Crippen molar-refractivity contribution in [2.45, 2.75) is 6.10 Å². The lowest BCUT2D eigenvalue weighted by atomic mass is 10.4. The molecular formula is C5H9ClO3. The zero-order valence-corrected chi connectivity index (χ0v) is 6.14. The maximum atomic E-state index is 10.5. The maximum Gasteiger partial charge on any atom is 0.336 e. The summed E-state index contributed by atoms with van der Waals surface area (Å²) in [7, 11) is 2.70. The Hall–Kier alpha value is -0.280. The highest BCUT2D eigenvalue weighted by molar-refractivity contribution is 6.19. The largest absolute Gasteiger partial charge is 0.467 e. The summed E-state index contributed by atoms with van der Waals surface area (Å²) in [5.74, 6) is -0.309. The fraction of sp³-hybridized carbons (Fsp3) is 0.800. The van der Waals surface area contributed by atoms with Crippen molar-refractivity contribution >= 4 is 17.6 Å². The average Bonchev–Trinajstić information content (AvgIpc) is 1.90. The SMILES string of the molecule is COC(=O)C(CCl)OC. The Morgan fingerprint density at radius 3 is 2.33 bits per heavy atom. The van der Waals surface area contributed by atoms with Crippen molar-refractivity contribution in [2.24, 2.45) is 0 Å². The molecule has 0 aromatic rings. The van der Waals surface area contributed by atoms with E-state index in [1.54, 1.807) is 0 Å². The summed E-state index contributed by atoms with van der Waals surface area (Å²) < 4.78 is 8.99. The van der Waals surface area contributed by atoms with Crippen LogP contribution in [0.2, 0.25) is 0 Å². The first-order chi connectivity index (χ1) is 4.26. The molecular weight excluding hydrogens is 144 g/mol. The van der Waals surface area contributed by atoms with E-state index in [2.05, 4.69) is 9.47 Å². The van der Waals surface area contributed by atoms with E-state index in [9.17, 15) is 4.79 Å². The van der Waals surface area contributed by atoms with Crippen molar-refractivity contribution < 1.29 is 14.3 Å². The first-order valence-corrected chi connectivity index (χ1v) is 2.96. The number of hydrogen-bond donors (Lipinski definition) is 0. The van der Waals surface area contributed by atoms with E-state index in [0.717, 1.165) is 0 Å². The molecule has 0 saturated heterocycles. The molecule has 0 bridgehead atoms. The van der Waals surface area contributed by atoms with Gasteiger partial charge in [0.15, 0.2) is 6.10 Å². The van der Waals surface area contributed by atoms with Gasteiger partial charge >= 0.3 is 5.97 Å². The molecule has 0 spiro atoms. The van der Waals surface area contributed by atoms with Gasteiger partial charge in [-0.1, -0.05) is 0 Å². The Labute approximate surface area is 58.9 Å². The van der Waals surface area contributed by atoms with E-state index in [1.807, 2.05) is 0 Å². The van der Waals surface area contributed by atoms with Crippen molar-refractivity contribution in [3.63, 3.8) is 0 Å². The lowest BCUT2D eigenvalue weighted by Gasteiger charge is -2.07. The molecule has 0 aliphatic heterocycles. The summed E-state index contributed by atoms with van der Waals surface area (Å²) in [5.41, 5.74) is 0. The standard InChI is InChI=1S/C5H9ClO3/c1-8-4(3-6)5(7)9-2/h4H,3H2,1-2H3. The zero-order chi connectivity index (χ0) is 7.28. The molecule has 0 N–H and O–H groups in total. The molecule has 1 atom stereocenters. The van der Waals surface area contributed by atoms with Crippen LogP contribution in [0.25, 0.3) is 0 Å². The highest BCUT2D eigenvalue weighted by atomic mass is 35.5. The van der Waals surface area contributed by atoms with Crippen LogP contribution in [0.3, 0.4) is 0 Å². The highest BCUT2D eigenvalue weighted by Crippen LogP contribution is 1.94. The minimum absolute atomic E-state index is 0.128. The molecule has 9 heavy (non-hydrogen) atoms. The molecule has 54 valence electrons. The summed E-state index contributed by atoms with van der Waals surface area (Å²) in [4.78, 5) is 10.5. The third-order valence-corrected chi connectivity index (χ3v) is 1.17. The van der Waals surface area contributed by atoms with Gasteiger partial charge in [-0.15, -0.1) is 11.6 Å². The number of halogens is 1. The van der Waals surface area contributed by atoms with Gasteiger partial charge in [0.1, 0.15) is 0 Å². The predicted octanol–water partition coefficient (Wildman–Crippen LogP) is 0.413. The Bertz CT molecular complexity index is 90.2. The second-order valence-electron chi connectivity index (χ2n) is 1.40. The summed E-state index contributed by atoms with van der Waals surface area (Å²) in [6, 6.07) is 0. The molecule has 0 aliphatic rings. The molecule has 0 saturated carbocycles. The maximum absolute atomic E-state index is 10.5. The van der Waals surface area contributed by atoms with Gasteiger partial charge in [-0.25, -0.2) is 4.79 Å². The molecule has 4 heteroatoms. The molecule has 0 heterocycles.